The highest BCUT2D eigenvalue weighted by Gasteiger charge is 2.47. The summed E-state index contributed by atoms with van der Waals surface area (Å²) >= 11 is 10.2. The first-order chi connectivity index (χ1) is 5.46. The van der Waals surface area contributed by atoms with E-state index >= 15 is 0 Å². The van der Waals surface area contributed by atoms with Gasteiger partial charge in [-0.05, 0) is 7.05 Å². The van der Waals surface area contributed by atoms with Crippen LogP contribution in [-0.4, -0.2) is 43.7 Å². The standard InChI is InChI=1S/C6H8Br3NO2/c1-10-4(6(11)12)2(7)3(8)5(10)9/h2-5H,1H3,(H,11,12). The van der Waals surface area contributed by atoms with Crippen LogP contribution in [0.4, 0.5) is 0 Å². The molecule has 0 aromatic heterocycles. The van der Waals surface area contributed by atoms with Crippen molar-refractivity contribution in [1.82, 2.24) is 4.90 Å². The minimum Gasteiger partial charge on any atom is -0.480 e. The Morgan fingerprint density at radius 1 is 1.33 bits per heavy atom. The molecule has 0 aromatic carbocycles. The minimum atomic E-state index is -0.800. The Labute approximate surface area is 95.9 Å². The predicted molar refractivity (Wildman–Crippen MR) is 57.3 cm³/mol. The van der Waals surface area contributed by atoms with Gasteiger partial charge in [-0.25, -0.2) is 0 Å². The van der Waals surface area contributed by atoms with E-state index in [0.29, 0.717) is 0 Å². The third kappa shape index (κ3) is 1.71. The van der Waals surface area contributed by atoms with Crippen LogP contribution in [0.3, 0.4) is 0 Å². The van der Waals surface area contributed by atoms with E-state index in [-0.39, 0.29) is 14.6 Å². The molecule has 1 saturated heterocycles. The number of hydrogen-bond acceptors (Lipinski definition) is 2. The third-order valence-electron chi connectivity index (χ3n) is 1.95. The number of aliphatic carboxylic acids is 1. The summed E-state index contributed by atoms with van der Waals surface area (Å²) in [6.45, 7) is 0. The van der Waals surface area contributed by atoms with E-state index in [9.17, 15) is 4.79 Å². The number of rotatable bonds is 1. The second kappa shape index (κ2) is 3.94. The van der Waals surface area contributed by atoms with E-state index < -0.39 is 12.0 Å². The minimum absolute atomic E-state index is 0.0583. The van der Waals surface area contributed by atoms with Crippen LogP contribution in [0.15, 0.2) is 0 Å². The monoisotopic (exact) mass is 363 g/mol. The summed E-state index contributed by atoms with van der Waals surface area (Å²) in [5.74, 6) is -0.800. The fraction of sp³-hybridized carbons (Fsp3) is 0.833. The first-order valence-electron chi connectivity index (χ1n) is 3.33. The summed E-state index contributed by atoms with van der Waals surface area (Å²) in [5.41, 5.74) is 0. The van der Waals surface area contributed by atoms with Crippen LogP contribution in [0.5, 0.6) is 0 Å². The Kier molecular flexibility index (Phi) is 3.59. The lowest BCUT2D eigenvalue weighted by Gasteiger charge is -2.18. The predicted octanol–water partition coefficient (Wildman–Crippen LogP) is 1.63. The molecule has 0 saturated carbocycles. The van der Waals surface area contributed by atoms with Gasteiger partial charge in [-0.3, -0.25) is 9.69 Å². The van der Waals surface area contributed by atoms with Crippen molar-refractivity contribution in [3.63, 3.8) is 0 Å². The molecule has 12 heavy (non-hydrogen) atoms. The smallest absolute Gasteiger partial charge is 0.322 e. The summed E-state index contributed by atoms with van der Waals surface area (Å²) in [5, 5.41) is 8.88. The summed E-state index contributed by atoms with van der Waals surface area (Å²) < 4.78 is 0. The van der Waals surface area contributed by atoms with Crippen molar-refractivity contribution in [2.75, 3.05) is 7.05 Å². The fourth-order valence-corrected chi connectivity index (χ4v) is 3.78. The van der Waals surface area contributed by atoms with Gasteiger partial charge in [0, 0.05) is 0 Å². The Morgan fingerprint density at radius 3 is 2.00 bits per heavy atom. The van der Waals surface area contributed by atoms with Crippen molar-refractivity contribution in [3.05, 3.63) is 0 Å². The molecule has 0 amide bonds. The highest BCUT2D eigenvalue weighted by atomic mass is 79.9. The Morgan fingerprint density at radius 2 is 1.83 bits per heavy atom. The van der Waals surface area contributed by atoms with Gasteiger partial charge in [0.05, 0.1) is 14.6 Å². The van der Waals surface area contributed by atoms with Crippen LogP contribution in [0.2, 0.25) is 0 Å². The lowest BCUT2D eigenvalue weighted by Crippen LogP contribution is -2.38. The van der Waals surface area contributed by atoms with Crippen molar-refractivity contribution >= 4 is 53.8 Å². The maximum atomic E-state index is 10.8. The zero-order valence-electron chi connectivity index (χ0n) is 6.25. The van der Waals surface area contributed by atoms with E-state index in [1.54, 1.807) is 11.9 Å². The quantitative estimate of drug-likeness (QED) is 0.567. The number of alkyl halides is 3. The van der Waals surface area contributed by atoms with Crippen molar-refractivity contribution in [1.29, 1.82) is 0 Å². The van der Waals surface area contributed by atoms with Crippen LogP contribution in [0.1, 0.15) is 0 Å². The van der Waals surface area contributed by atoms with E-state index in [4.69, 9.17) is 5.11 Å². The number of likely N-dealkylation sites (N-methyl/N-ethyl adjacent to an activating group) is 1. The molecular formula is C6H8Br3NO2. The highest BCUT2D eigenvalue weighted by molar-refractivity contribution is 9.13. The van der Waals surface area contributed by atoms with Crippen LogP contribution >= 0.6 is 47.8 Å². The summed E-state index contributed by atoms with van der Waals surface area (Å²) in [6.07, 6.45) is 0. The van der Waals surface area contributed by atoms with Crippen LogP contribution in [-0.2, 0) is 4.79 Å². The van der Waals surface area contributed by atoms with Crippen molar-refractivity contribution in [2.45, 2.75) is 20.6 Å². The summed E-state index contributed by atoms with van der Waals surface area (Å²) in [7, 11) is 1.79. The van der Waals surface area contributed by atoms with Gasteiger partial charge in [-0.2, -0.15) is 0 Å². The summed E-state index contributed by atoms with van der Waals surface area (Å²) in [6, 6.07) is -0.473. The zero-order chi connectivity index (χ0) is 9.46. The van der Waals surface area contributed by atoms with Crippen LogP contribution < -0.4 is 0 Å². The topological polar surface area (TPSA) is 40.5 Å². The molecule has 1 aliphatic heterocycles. The Balaban J connectivity index is 2.83. The van der Waals surface area contributed by atoms with Gasteiger partial charge in [-0.15, -0.1) is 0 Å². The van der Waals surface area contributed by atoms with E-state index in [1.165, 1.54) is 0 Å². The largest absolute Gasteiger partial charge is 0.480 e. The van der Waals surface area contributed by atoms with Crippen LogP contribution in [0.25, 0.3) is 0 Å². The zero-order valence-corrected chi connectivity index (χ0v) is 11.0. The van der Waals surface area contributed by atoms with Crippen molar-refractivity contribution in [2.24, 2.45) is 0 Å². The van der Waals surface area contributed by atoms with Crippen LogP contribution in [0, 0.1) is 0 Å². The van der Waals surface area contributed by atoms with Gasteiger partial charge in [-0.1, -0.05) is 47.8 Å². The molecule has 1 aliphatic rings. The molecule has 0 bridgehead atoms. The average Bonchev–Trinajstić information content (AvgIpc) is 2.16. The molecule has 4 unspecified atom stereocenters. The molecule has 0 radical (unpaired) electrons. The number of carboxylic acid groups (broad SMARTS) is 1. The number of halogens is 3. The maximum absolute atomic E-state index is 10.8. The average molecular weight is 366 g/mol. The van der Waals surface area contributed by atoms with E-state index in [0.717, 1.165) is 0 Å². The molecule has 70 valence electrons. The van der Waals surface area contributed by atoms with Gasteiger partial charge in [0.25, 0.3) is 0 Å². The molecule has 1 N–H and O–H groups in total. The van der Waals surface area contributed by atoms with Gasteiger partial charge < -0.3 is 5.11 Å². The normalized spacial score (nSPS) is 43.3. The molecule has 1 rings (SSSR count). The van der Waals surface area contributed by atoms with Gasteiger partial charge in [0.15, 0.2) is 0 Å². The lowest BCUT2D eigenvalue weighted by atomic mass is 10.2. The van der Waals surface area contributed by atoms with E-state index in [1.807, 2.05) is 0 Å². The second-order valence-corrected chi connectivity index (χ2v) is 5.76. The molecule has 1 fully saturated rings. The first kappa shape index (κ1) is 10.9. The van der Waals surface area contributed by atoms with Gasteiger partial charge in [0.2, 0.25) is 0 Å². The number of carbonyl (C=O) groups is 1. The lowest BCUT2D eigenvalue weighted by molar-refractivity contribution is -0.141. The maximum Gasteiger partial charge on any atom is 0.322 e. The number of carboxylic acids is 1. The first-order valence-corrected chi connectivity index (χ1v) is 6.08. The highest BCUT2D eigenvalue weighted by Crippen LogP contribution is 2.36. The Hall–Kier alpha value is 0.870. The van der Waals surface area contributed by atoms with Crippen molar-refractivity contribution < 1.29 is 9.90 Å². The molecular weight excluding hydrogens is 358 g/mol. The third-order valence-corrected chi connectivity index (χ3v) is 6.72. The van der Waals surface area contributed by atoms with Crippen molar-refractivity contribution in [3.8, 4) is 0 Å². The fourth-order valence-electron chi connectivity index (χ4n) is 1.24. The molecule has 0 spiro atoms. The number of nitrogens with zero attached hydrogens (tertiary/aromatic N) is 1. The summed E-state index contributed by atoms with van der Waals surface area (Å²) in [4.78, 5) is 12.7. The molecule has 0 aliphatic carbocycles. The number of likely N-dealkylation sites (tertiary alicyclic amines) is 1. The SMILES string of the molecule is CN1C(Br)C(Br)C(Br)C1C(=O)O. The van der Waals surface area contributed by atoms with Gasteiger partial charge in [0.1, 0.15) is 6.04 Å². The molecule has 6 heteroatoms. The molecule has 3 nitrogen and oxygen atoms in total. The molecule has 1 heterocycles. The second-order valence-electron chi connectivity index (χ2n) is 2.71. The number of hydrogen-bond donors (Lipinski definition) is 1. The molecule has 4 atom stereocenters. The van der Waals surface area contributed by atoms with E-state index in [2.05, 4.69) is 47.8 Å². The van der Waals surface area contributed by atoms with Gasteiger partial charge >= 0.3 is 5.97 Å². The Bertz CT molecular complexity index is 187. The molecule has 0 aromatic rings.